The van der Waals surface area contributed by atoms with Crippen LogP contribution in [0.3, 0.4) is 0 Å². The molecule has 25 heavy (non-hydrogen) atoms. The van der Waals surface area contributed by atoms with Crippen molar-refractivity contribution in [3.63, 3.8) is 0 Å². The first kappa shape index (κ1) is 17.2. The Balaban J connectivity index is 1.81. The predicted molar refractivity (Wildman–Crippen MR) is 90.2 cm³/mol. The Bertz CT molecular complexity index is 876. The number of nitrogens with one attached hydrogen (secondary N) is 1. The fraction of sp³-hybridized carbons (Fsp3) is 0.111. The summed E-state index contributed by atoms with van der Waals surface area (Å²) >= 11 is 1.50. The molecule has 3 nitrogen and oxygen atoms in total. The number of hydrogen-bond acceptors (Lipinski definition) is 3. The smallest absolute Gasteiger partial charge is 0.348 e. The number of carbonyl (C=O) groups excluding carboxylic acids is 1. The first-order chi connectivity index (χ1) is 12.0. The van der Waals surface area contributed by atoms with E-state index in [0.29, 0.717) is 5.69 Å². The van der Waals surface area contributed by atoms with Crippen LogP contribution in [0.5, 0.6) is 0 Å². The first-order valence-corrected chi connectivity index (χ1v) is 8.27. The molecule has 2 aromatic heterocycles. The molecule has 1 amide bonds. The van der Waals surface area contributed by atoms with Crippen LogP contribution in [0.4, 0.5) is 13.2 Å². The molecule has 0 fully saturated rings. The van der Waals surface area contributed by atoms with Gasteiger partial charge in [0.1, 0.15) is 0 Å². The molecule has 7 heteroatoms. The van der Waals surface area contributed by atoms with Crippen molar-refractivity contribution in [1.82, 2.24) is 10.3 Å². The van der Waals surface area contributed by atoms with E-state index in [1.54, 1.807) is 18.3 Å². The van der Waals surface area contributed by atoms with Crippen LogP contribution in [-0.2, 0) is 12.7 Å². The van der Waals surface area contributed by atoms with Gasteiger partial charge in [0.15, 0.2) is 0 Å². The van der Waals surface area contributed by atoms with Gasteiger partial charge in [0.25, 0.3) is 5.91 Å². The van der Waals surface area contributed by atoms with Crippen molar-refractivity contribution < 1.29 is 18.0 Å². The summed E-state index contributed by atoms with van der Waals surface area (Å²) in [6.07, 6.45) is -2.94. The van der Waals surface area contributed by atoms with Crippen LogP contribution in [0.2, 0.25) is 0 Å². The second-order valence-electron chi connectivity index (χ2n) is 5.21. The zero-order valence-corrected chi connectivity index (χ0v) is 13.7. The highest BCUT2D eigenvalue weighted by atomic mass is 32.1. The number of pyridine rings is 1. The molecule has 0 saturated carbocycles. The SMILES string of the molecule is O=C(NCc1cccnc1-c1cccs1)c1ccccc1C(F)(F)F. The van der Waals surface area contributed by atoms with E-state index < -0.39 is 23.2 Å². The summed E-state index contributed by atoms with van der Waals surface area (Å²) in [4.78, 5) is 17.5. The average molecular weight is 362 g/mol. The quantitative estimate of drug-likeness (QED) is 0.727. The molecular weight excluding hydrogens is 349 g/mol. The number of aromatic nitrogens is 1. The molecule has 0 aliphatic rings. The minimum atomic E-state index is -4.58. The van der Waals surface area contributed by atoms with Crippen molar-refractivity contribution in [2.45, 2.75) is 12.7 Å². The summed E-state index contributed by atoms with van der Waals surface area (Å²) < 4.78 is 39.1. The number of carbonyl (C=O) groups is 1. The zero-order chi connectivity index (χ0) is 17.9. The second-order valence-corrected chi connectivity index (χ2v) is 6.16. The molecule has 3 aromatic rings. The Morgan fingerprint density at radius 3 is 2.60 bits per heavy atom. The maximum atomic E-state index is 13.0. The number of nitrogens with zero attached hydrogens (tertiary/aromatic N) is 1. The van der Waals surface area contributed by atoms with Crippen molar-refractivity contribution in [1.29, 1.82) is 0 Å². The van der Waals surface area contributed by atoms with Gasteiger partial charge < -0.3 is 5.32 Å². The van der Waals surface area contributed by atoms with Crippen LogP contribution < -0.4 is 5.32 Å². The molecule has 1 aromatic carbocycles. The number of hydrogen-bond donors (Lipinski definition) is 1. The highest BCUT2D eigenvalue weighted by molar-refractivity contribution is 7.13. The lowest BCUT2D eigenvalue weighted by molar-refractivity contribution is -0.137. The van der Waals surface area contributed by atoms with Gasteiger partial charge in [0, 0.05) is 12.7 Å². The lowest BCUT2D eigenvalue weighted by Gasteiger charge is -2.13. The number of rotatable bonds is 4. The molecule has 0 aliphatic heterocycles. The molecule has 0 unspecified atom stereocenters. The number of amides is 1. The van der Waals surface area contributed by atoms with Crippen LogP contribution in [0.1, 0.15) is 21.5 Å². The van der Waals surface area contributed by atoms with Gasteiger partial charge in [0.2, 0.25) is 0 Å². The number of thiophene rings is 1. The van der Waals surface area contributed by atoms with E-state index in [1.165, 1.54) is 29.5 Å². The summed E-state index contributed by atoms with van der Waals surface area (Å²) in [6, 6.07) is 12.0. The molecule has 0 atom stereocenters. The summed E-state index contributed by atoms with van der Waals surface area (Å²) in [5.74, 6) is -0.770. The molecule has 2 heterocycles. The Labute approximate surface area is 146 Å². The molecule has 1 N–H and O–H groups in total. The minimum absolute atomic E-state index is 0.0894. The molecular formula is C18H13F3N2OS. The van der Waals surface area contributed by atoms with E-state index in [2.05, 4.69) is 10.3 Å². The van der Waals surface area contributed by atoms with E-state index in [-0.39, 0.29) is 6.54 Å². The van der Waals surface area contributed by atoms with Crippen LogP contribution >= 0.6 is 11.3 Å². The van der Waals surface area contributed by atoms with Gasteiger partial charge in [-0.2, -0.15) is 13.2 Å². The fourth-order valence-electron chi connectivity index (χ4n) is 2.42. The van der Waals surface area contributed by atoms with Gasteiger partial charge in [-0.15, -0.1) is 11.3 Å². The van der Waals surface area contributed by atoms with Gasteiger partial charge in [-0.1, -0.05) is 24.3 Å². The van der Waals surface area contributed by atoms with Crippen molar-refractivity contribution in [2.24, 2.45) is 0 Å². The minimum Gasteiger partial charge on any atom is -0.348 e. The van der Waals surface area contributed by atoms with Gasteiger partial charge >= 0.3 is 6.18 Å². The summed E-state index contributed by atoms with van der Waals surface area (Å²) in [5.41, 5.74) is 0.110. The monoisotopic (exact) mass is 362 g/mol. The third-order valence-electron chi connectivity index (χ3n) is 3.56. The van der Waals surface area contributed by atoms with Crippen molar-refractivity contribution in [2.75, 3.05) is 0 Å². The molecule has 3 rings (SSSR count). The van der Waals surface area contributed by atoms with Crippen LogP contribution in [0.25, 0.3) is 10.6 Å². The summed E-state index contributed by atoms with van der Waals surface area (Å²) in [6.45, 7) is 0.0894. The summed E-state index contributed by atoms with van der Waals surface area (Å²) in [5, 5.41) is 4.46. The standard InChI is InChI=1S/C18H13F3N2OS/c19-18(20,21)14-7-2-1-6-13(14)17(24)23-11-12-5-3-9-22-16(12)15-8-4-10-25-15/h1-10H,11H2,(H,23,24). The van der Waals surface area contributed by atoms with Gasteiger partial charge in [-0.25, -0.2) is 0 Å². The van der Waals surface area contributed by atoms with Crippen LogP contribution in [-0.4, -0.2) is 10.9 Å². The van der Waals surface area contributed by atoms with E-state index in [4.69, 9.17) is 0 Å². The van der Waals surface area contributed by atoms with Crippen molar-refractivity contribution >= 4 is 17.2 Å². The van der Waals surface area contributed by atoms with Crippen molar-refractivity contribution in [3.05, 3.63) is 76.8 Å². The maximum Gasteiger partial charge on any atom is 0.417 e. The van der Waals surface area contributed by atoms with E-state index in [0.717, 1.165) is 16.5 Å². The Morgan fingerprint density at radius 1 is 1.08 bits per heavy atom. The highest BCUT2D eigenvalue weighted by Gasteiger charge is 2.34. The third kappa shape index (κ3) is 3.88. The summed E-state index contributed by atoms with van der Waals surface area (Å²) in [7, 11) is 0. The second kappa shape index (κ2) is 7.06. The van der Waals surface area contributed by atoms with Crippen molar-refractivity contribution in [3.8, 4) is 10.6 Å². The largest absolute Gasteiger partial charge is 0.417 e. The molecule has 0 bridgehead atoms. The van der Waals surface area contributed by atoms with Gasteiger partial charge in [-0.3, -0.25) is 9.78 Å². The van der Waals surface area contributed by atoms with Gasteiger partial charge in [0.05, 0.1) is 21.7 Å². The number of alkyl halides is 3. The van der Waals surface area contributed by atoms with Crippen LogP contribution in [0, 0.1) is 0 Å². The van der Waals surface area contributed by atoms with Gasteiger partial charge in [-0.05, 0) is 35.2 Å². The molecule has 128 valence electrons. The molecule has 0 spiro atoms. The predicted octanol–water partition coefficient (Wildman–Crippen LogP) is 4.76. The topological polar surface area (TPSA) is 42.0 Å². The number of halogens is 3. The molecule has 0 radical (unpaired) electrons. The van der Waals surface area contributed by atoms with E-state index in [1.807, 2.05) is 17.5 Å². The third-order valence-corrected chi connectivity index (χ3v) is 4.44. The number of benzene rings is 1. The fourth-order valence-corrected chi connectivity index (χ4v) is 3.17. The Kier molecular flexibility index (Phi) is 4.85. The maximum absolute atomic E-state index is 13.0. The zero-order valence-electron chi connectivity index (χ0n) is 12.9. The first-order valence-electron chi connectivity index (χ1n) is 7.39. The molecule has 0 aliphatic carbocycles. The van der Waals surface area contributed by atoms with E-state index >= 15 is 0 Å². The average Bonchev–Trinajstić information content (AvgIpc) is 3.13. The normalized spacial score (nSPS) is 11.3. The highest BCUT2D eigenvalue weighted by Crippen LogP contribution is 2.32. The molecule has 0 saturated heterocycles. The Hall–Kier alpha value is -2.67. The lowest BCUT2D eigenvalue weighted by Crippen LogP contribution is -2.26. The van der Waals surface area contributed by atoms with Crippen LogP contribution in [0.15, 0.2) is 60.1 Å². The lowest BCUT2D eigenvalue weighted by atomic mass is 10.1. The Morgan fingerprint density at radius 2 is 1.88 bits per heavy atom. The van der Waals surface area contributed by atoms with E-state index in [9.17, 15) is 18.0 Å².